The molecule has 0 radical (unpaired) electrons. The van der Waals surface area contributed by atoms with Crippen molar-refractivity contribution in [3.05, 3.63) is 48.0 Å². The highest BCUT2D eigenvalue weighted by Crippen LogP contribution is 2.16. The number of ether oxygens (including phenoxy) is 1. The lowest BCUT2D eigenvalue weighted by atomic mass is 10.0. The molecule has 2 aromatic rings. The Bertz CT molecular complexity index is 776. The van der Waals surface area contributed by atoms with Crippen LogP contribution < -0.4 is 10.6 Å². The molecule has 0 heterocycles. The predicted molar refractivity (Wildman–Crippen MR) is 118 cm³/mol. The lowest BCUT2D eigenvalue weighted by molar-refractivity contribution is -0.121. The summed E-state index contributed by atoms with van der Waals surface area (Å²) >= 11 is 0. The van der Waals surface area contributed by atoms with E-state index >= 15 is 0 Å². The first-order chi connectivity index (χ1) is 14.1. The zero-order chi connectivity index (χ0) is 20.9. The fourth-order valence-electron chi connectivity index (χ4n) is 3.29. The van der Waals surface area contributed by atoms with Crippen LogP contribution in [-0.4, -0.2) is 24.8 Å². The van der Waals surface area contributed by atoms with Crippen molar-refractivity contribution < 1.29 is 14.3 Å². The van der Waals surface area contributed by atoms with Gasteiger partial charge in [-0.05, 0) is 35.6 Å². The normalized spacial score (nSPS) is 11.8. The van der Waals surface area contributed by atoms with Crippen molar-refractivity contribution in [1.29, 1.82) is 0 Å². The number of nitrogens with one attached hydrogen (secondary N) is 2. The van der Waals surface area contributed by atoms with Gasteiger partial charge in [-0.1, -0.05) is 82.0 Å². The van der Waals surface area contributed by atoms with Crippen molar-refractivity contribution in [2.24, 2.45) is 0 Å². The largest absolute Gasteiger partial charge is 0.450 e. The molecule has 1 unspecified atom stereocenters. The number of fused-ring (bicyclic) bond motifs is 1. The molecule has 0 spiro atoms. The summed E-state index contributed by atoms with van der Waals surface area (Å²) in [7, 11) is 0. The van der Waals surface area contributed by atoms with E-state index in [-0.39, 0.29) is 12.3 Å². The van der Waals surface area contributed by atoms with Crippen molar-refractivity contribution >= 4 is 22.8 Å². The minimum absolute atomic E-state index is 0.102. The Morgan fingerprint density at radius 1 is 0.897 bits per heavy atom. The molecule has 2 N–H and O–H groups in total. The third kappa shape index (κ3) is 8.55. The summed E-state index contributed by atoms with van der Waals surface area (Å²) in [5.41, 5.74) is 0.955. The van der Waals surface area contributed by atoms with E-state index in [4.69, 9.17) is 4.74 Å². The Kier molecular flexibility index (Phi) is 10.0. The molecule has 0 aliphatic heterocycles. The van der Waals surface area contributed by atoms with Gasteiger partial charge in [0.25, 0.3) is 0 Å². The second kappa shape index (κ2) is 12.8. The van der Waals surface area contributed by atoms with Gasteiger partial charge in [-0.2, -0.15) is 0 Å². The smallest absolute Gasteiger partial charge is 0.408 e. The monoisotopic (exact) mass is 398 g/mol. The van der Waals surface area contributed by atoms with E-state index in [2.05, 4.69) is 23.6 Å². The molecule has 0 fully saturated rings. The van der Waals surface area contributed by atoms with E-state index in [9.17, 15) is 9.59 Å². The average Bonchev–Trinajstić information content (AvgIpc) is 2.71. The maximum Gasteiger partial charge on any atom is 0.408 e. The summed E-state index contributed by atoms with van der Waals surface area (Å²) in [5, 5.41) is 8.03. The maximum absolute atomic E-state index is 12.6. The molecule has 2 rings (SSSR count). The molecular formula is C24H34N2O3. The molecule has 2 amide bonds. The molecule has 1 atom stereocenters. The molecule has 158 valence electrons. The zero-order valence-corrected chi connectivity index (χ0v) is 17.7. The highest BCUT2D eigenvalue weighted by atomic mass is 16.5. The van der Waals surface area contributed by atoms with Gasteiger partial charge < -0.3 is 15.4 Å². The van der Waals surface area contributed by atoms with Crippen LogP contribution in [-0.2, 0) is 16.0 Å². The van der Waals surface area contributed by atoms with E-state index in [0.29, 0.717) is 13.0 Å². The van der Waals surface area contributed by atoms with E-state index < -0.39 is 12.3 Å². The molecule has 0 saturated heterocycles. The minimum atomic E-state index is -0.476. The van der Waals surface area contributed by atoms with Crippen molar-refractivity contribution in [1.82, 2.24) is 10.6 Å². The van der Waals surface area contributed by atoms with E-state index in [1.54, 1.807) is 0 Å². The van der Waals surface area contributed by atoms with Gasteiger partial charge in [0, 0.05) is 0 Å². The lowest BCUT2D eigenvalue weighted by Crippen LogP contribution is -2.48. The SMILES string of the molecule is CCCCCCCC(NC(=O)Cc1ccc2ccccc2c1)NC(=O)OCCC. The van der Waals surface area contributed by atoms with Gasteiger partial charge in [0.05, 0.1) is 13.0 Å². The van der Waals surface area contributed by atoms with Gasteiger partial charge in [-0.3, -0.25) is 4.79 Å². The molecule has 5 heteroatoms. The van der Waals surface area contributed by atoms with Crippen LogP contribution in [0, 0.1) is 0 Å². The first kappa shape index (κ1) is 22.7. The summed E-state index contributed by atoms with van der Waals surface area (Å²) in [6, 6.07) is 14.1. The number of alkyl carbamates (subject to hydrolysis) is 1. The van der Waals surface area contributed by atoms with Crippen molar-refractivity contribution in [2.45, 2.75) is 71.4 Å². The van der Waals surface area contributed by atoms with Crippen LogP contribution in [0.15, 0.2) is 42.5 Å². The topological polar surface area (TPSA) is 67.4 Å². The van der Waals surface area contributed by atoms with Gasteiger partial charge in [0.2, 0.25) is 5.91 Å². The van der Waals surface area contributed by atoms with E-state index in [0.717, 1.165) is 35.6 Å². The molecule has 0 bridgehead atoms. The third-order valence-corrected chi connectivity index (χ3v) is 4.84. The number of hydrogen-bond acceptors (Lipinski definition) is 3. The fraction of sp³-hybridized carbons (Fsp3) is 0.500. The zero-order valence-electron chi connectivity index (χ0n) is 17.7. The predicted octanol–water partition coefficient (Wildman–Crippen LogP) is 5.32. The summed E-state index contributed by atoms with van der Waals surface area (Å²) in [6.45, 7) is 4.50. The number of unbranched alkanes of at least 4 members (excludes halogenated alkanes) is 4. The molecule has 5 nitrogen and oxygen atoms in total. The van der Waals surface area contributed by atoms with Gasteiger partial charge in [0.1, 0.15) is 6.17 Å². The van der Waals surface area contributed by atoms with E-state index in [1.807, 2.05) is 43.3 Å². The molecule has 0 aliphatic rings. The Hall–Kier alpha value is -2.56. The first-order valence-corrected chi connectivity index (χ1v) is 10.8. The van der Waals surface area contributed by atoms with Gasteiger partial charge in [-0.25, -0.2) is 4.79 Å². The number of hydrogen-bond donors (Lipinski definition) is 2. The molecule has 0 aliphatic carbocycles. The number of rotatable bonds is 12. The maximum atomic E-state index is 12.6. The van der Waals surface area contributed by atoms with Crippen LogP contribution in [0.1, 0.15) is 64.4 Å². The molecule has 29 heavy (non-hydrogen) atoms. The minimum Gasteiger partial charge on any atom is -0.450 e. The Morgan fingerprint density at radius 3 is 2.41 bits per heavy atom. The van der Waals surface area contributed by atoms with Crippen molar-refractivity contribution in [3.8, 4) is 0 Å². The molecule has 0 aromatic heterocycles. The van der Waals surface area contributed by atoms with Crippen LogP contribution in [0.4, 0.5) is 4.79 Å². The summed E-state index contributed by atoms with van der Waals surface area (Å²) in [4.78, 5) is 24.5. The van der Waals surface area contributed by atoms with Crippen LogP contribution in [0.25, 0.3) is 10.8 Å². The summed E-state index contributed by atoms with van der Waals surface area (Å²) < 4.78 is 5.11. The van der Waals surface area contributed by atoms with Crippen LogP contribution in [0.5, 0.6) is 0 Å². The number of carbonyl (C=O) groups is 2. The number of carbonyl (C=O) groups excluding carboxylic acids is 2. The third-order valence-electron chi connectivity index (χ3n) is 4.84. The lowest BCUT2D eigenvalue weighted by Gasteiger charge is -2.20. The molecular weight excluding hydrogens is 364 g/mol. The average molecular weight is 399 g/mol. The second-order valence-electron chi connectivity index (χ2n) is 7.46. The quantitative estimate of drug-likeness (QED) is 0.375. The van der Waals surface area contributed by atoms with Crippen molar-refractivity contribution in [3.63, 3.8) is 0 Å². The number of benzene rings is 2. The van der Waals surface area contributed by atoms with Crippen LogP contribution >= 0.6 is 0 Å². The molecule has 2 aromatic carbocycles. The Labute approximate surface area is 174 Å². The standard InChI is InChI=1S/C24H34N2O3/c1-3-5-6-7-8-13-22(26-24(28)29-16-4-2)25-23(27)18-19-14-15-20-11-9-10-12-21(20)17-19/h9-12,14-15,17,22H,3-8,13,16,18H2,1-2H3,(H,25,27)(H,26,28). The van der Waals surface area contributed by atoms with Gasteiger partial charge >= 0.3 is 6.09 Å². The van der Waals surface area contributed by atoms with Crippen LogP contribution in [0.3, 0.4) is 0 Å². The van der Waals surface area contributed by atoms with E-state index in [1.165, 1.54) is 19.3 Å². The molecule has 0 saturated carbocycles. The number of amides is 2. The Morgan fingerprint density at radius 2 is 1.66 bits per heavy atom. The summed E-state index contributed by atoms with van der Waals surface area (Å²) in [5.74, 6) is -0.102. The fourth-order valence-corrected chi connectivity index (χ4v) is 3.29. The highest BCUT2D eigenvalue weighted by molar-refractivity contribution is 5.85. The second-order valence-corrected chi connectivity index (χ2v) is 7.46. The highest BCUT2D eigenvalue weighted by Gasteiger charge is 2.16. The van der Waals surface area contributed by atoms with Gasteiger partial charge in [-0.15, -0.1) is 0 Å². The van der Waals surface area contributed by atoms with Gasteiger partial charge in [0.15, 0.2) is 0 Å². The van der Waals surface area contributed by atoms with Crippen molar-refractivity contribution in [2.75, 3.05) is 6.61 Å². The summed E-state index contributed by atoms with van der Waals surface area (Å²) in [6.07, 6.45) is 6.49. The Balaban J connectivity index is 1.91. The first-order valence-electron chi connectivity index (χ1n) is 10.8. The van der Waals surface area contributed by atoms with Crippen LogP contribution in [0.2, 0.25) is 0 Å².